The van der Waals surface area contributed by atoms with Crippen LogP contribution in [-0.4, -0.2) is 98.6 Å². The van der Waals surface area contributed by atoms with Gasteiger partial charge in [-0.25, -0.2) is 14.6 Å². The molecule has 8 nitrogen and oxygen atoms in total. The molecule has 224 valence electrons. The highest BCUT2D eigenvalue weighted by Crippen LogP contribution is 2.44. The SMILES string of the molecule is CN(C(=O)C1CCS(=N)(=O)CC1)[C@@H](C1CCC(N2CC(C)(C)CC3C2CNC2CC(Cl)NN23)CC1)C(F)(F)F. The van der Waals surface area contributed by atoms with Gasteiger partial charge < -0.3 is 4.90 Å². The van der Waals surface area contributed by atoms with Crippen molar-refractivity contribution in [2.75, 3.05) is 31.6 Å². The molecule has 4 heterocycles. The Balaban J connectivity index is 1.26. The molecule has 1 aliphatic carbocycles. The fourth-order valence-electron chi connectivity index (χ4n) is 8.05. The number of nitrogens with zero attached hydrogens (tertiary/aromatic N) is 3. The third-order valence-electron chi connectivity index (χ3n) is 9.92. The van der Waals surface area contributed by atoms with Gasteiger partial charge in [-0.3, -0.25) is 19.8 Å². The normalized spacial score (nSPS) is 42.4. The van der Waals surface area contributed by atoms with Crippen LogP contribution in [0.3, 0.4) is 0 Å². The lowest BCUT2D eigenvalue weighted by molar-refractivity contribution is -0.203. The Morgan fingerprint density at radius 1 is 1.13 bits per heavy atom. The van der Waals surface area contributed by atoms with Crippen molar-refractivity contribution in [2.45, 2.75) is 107 Å². The molecule has 4 unspecified atom stereocenters. The molecule has 0 aromatic heterocycles. The van der Waals surface area contributed by atoms with Crippen molar-refractivity contribution < 1.29 is 22.2 Å². The van der Waals surface area contributed by atoms with Crippen molar-refractivity contribution in [1.82, 2.24) is 25.6 Å². The van der Waals surface area contributed by atoms with Gasteiger partial charge in [0.05, 0.1) is 11.7 Å². The first-order chi connectivity index (χ1) is 18.2. The Morgan fingerprint density at radius 2 is 1.77 bits per heavy atom. The average Bonchev–Trinajstić information content (AvgIpc) is 3.23. The predicted octanol–water partition coefficient (Wildman–Crippen LogP) is 3.56. The topological polar surface area (TPSA) is 91.8 Å². The summed E-state index contributed by atoms with van der Waals surface area (Å²) < 4.78 is 63.0. The zero-order valence-corrected chi connectivity index (χ0v) is 24.8. The van der Waals surface area contributed by atoms with Crippen molar-refractivity contribution in [1.29, 1.82) is 4.78 Å². The zero-order chi connectivity index (χ0) is 28.3. The van der Waals surface area contributed by atoms with Gasteiger partial charge in [0.1, 0.15) is 6.04 Å². The van der Waals surface area contributed by atoms with E-state index in [4.69, 9.17) is 16.4 Å². The lowest BCUT2D eigenvalue weighted by Gasteiger charge is -2.57. The zero-order valence-electron chi connectivity index (χ0n) is 23.2. The van der Waals surface area contributed by atoms with Crippen molar-refractivity contribution in [3.05, 3.63) is 0 Å². The van der Waals surface area contributed by atoms with Crippen LogP contribution in [0.5, 0.6) is 0 Å². The van der Waals surface area contributed by atoms with Crippen LogP contribution in [0, 0.1) is 22.0 Å². The number of piperidine rings is 1. The van der Waals surface area contributed by atoms with E-state index in [-0.39, 0.29) is 53.5 Å². The quantitative estimate of drug-likeness (QED) is 0.340. The number of carbonyl (C=O) groups is 1. The van der Waals surface area contributed by atoms with Crippen LogP contribution >= 0.6 is 11.6 Å². The summed E-state index contributed by atoms with van der Waals surface area (Å²) in [5, 5.41) is 5.92. The lowest BCUT2D eigenvalue weighted by Crippen LogP contribution is -2.72. The second kappa shape index (κ2) is 10.9. The van der Waals surface area contributed by atoms with Crippen LogP contribution in [0.2, 0.25) is 0 Å². The second-order valence-corrected chi connectivity index (χ2v) is 16.3. The molecule has 4 saturated heterocycles. The summed E-state index contributed by atoms with van der Waals surface area (Å²) in [6, 6.07) is -1.04. The molecular weight excluding hydrogens is 553 g/mol. The molecule has 1 saturated carbocycles. The summed E-state index contributed by atoms with van der Waals surface area (Å²) in [4.78, 5) is 16.6. The number of alkyl halides is 4. The third kappa shape index (κ3) is 6.26. The lowest BCUT2D eigenvalue weighted by atomic mass is 9.74. The molecule has 0 aromatic carbocycles. The summed E-state index contributed by atoms with van der Waals surface area (Å²) in [6.45, 7) is 6.31. The van der Waals surface area contributed by atoms with E-state index in [1.54, 1.807) is 0 Å². The summed E-state index contributed by atoms with van der Waals surface area (Å²) in [6.07, 6.45) is 0.222. The molecule has 5 fully saturated rings. The van der Waals surface area contributed by atoms with Crippen LogP contribution in [0.4, 0.5) is 13.2 Å². The number of rotatable bonds is 4. The number of hydrogen-bond donors (Lipinski definition) is 3. The number of hydrazine groups is 1. The predicted molar refractivity (Wildman–Crippen MR) is 145 cm³/mol. The Kier molecular flexibility index (Phi) is 8.31. The fraction of sp³-hybridized carbons (Fsp3) is 0.962. The second-order valence-electron chi connectivity index (χ2n) is 13.3. The van der Waals surface area contributed by atoms with Gasteiger partial charge in [0.15, 0.2) is 0 Å². The van der Waals surface area contributed by atoms with Gasteiger partial charge >= 0.3 is 6.18 Å². The minimum absolute atomic E-state index is 0.0789. The van der Waals surface area contributed by atoms with E-state index in [1.165, 1.54) is 7.05 Å². The van der Waals surface area contributed by atoms with E-state index in [1.807, 2.05) is 0 Å². The molecule has 4 aliphatic heterocycles. The van der Waals surface area contributed by atoms with Gasteiger partial charge in [-0.2, -0.15) is 13.2 Å². The maximum atomic E-state index is 14.4. The number of nitrogens with one attached hydrogen (secondary N) is 3. The van der Waals surface area contributed by atoms with E-state index < -0.39 is 39.7 Å². The Hall–Kier alpha value is -0.660. The minimum atomic E-state index is -4.51. The highest BCUT2D eigenvalue weighted by atomic mass is 35.5. The standard InChI is InChI=1S/C26H44ClF3N6O2S/c1-25(2)13-19-20(14-32-22-12-21(27)33-36(19)22)35(15-25)18-6-4-16(5-7-18)23(26(28,29)30)34(3)24(37)17-8-10-39(31,38)11-9-17/h16-23,31-33H,4-15H2,1-3H3/t16?,17?,18?,19?,20?,21?,22?,23-,39?/m0/s1. The third-order valence-corrected chi connectivity index (χ3v) is 12.0. The molecule has 0 bridgehead atoms. The number of fused-ring (bicyclic) bond motifs is 3. The van der Waals surface area contributed by atoms with E-state index >= 15 is 0 Å². The average molecular weight is 597 g/mol. The van der Waals surface area contributed by atoms with Crippen molar-refractivity contribution in [3.63, 3.8) is 0 Å². The summed E-state index contributed by atoms with van der Waals surface area (Å²) >= 11 is 6.42. The number of amides is 1. The molecule has 0 aromatic rings. The highest BCUT2D eigenvalue weighted by Gasteiger charge is 2.53. The molecule has 13 heteroatoms. The molecule has 0 radical (unpaired) electrons. The maximum Gasteiger partial charge on any atom is 0.409 e. The first-order valence-corrected chi connectivity index (χ1v) is 16.7. The molecule has 5 aliphatic rings. The largest absolute Gasteiger partial charge is 0.409 e. The molecule has 5 rings (SSSR count). The number of carbonyl (C=O) groups excluding carboxylic acids is 1. The maximum absolute atomic E-state index is 14.4. The van der Waals surface area contributed by atoms with Gasteiger partial charge in [0, 0.05) is 71.8 Å². The van der Waals surface area contributed by atoms with Crippen LogP contribution in [-0.2, 0) is 14.5 Å². The van der Waals surface area contributed by atoms with E-state index in [2.05, 4.69) is 34.5 Å². The summed E-state index contributed by atoms with van der Waals surface area (Å²) in [5.41, 5.74) is 3.41. The molecular formula is C26H44ClF3N6O2S. The van der Waals surface area contributed by atoms with Crippen molar-refractivity contribution in [2.24, 2.45) is 17.3 Å². The Labute approximate surface area is 235 Å². The van der Waals surface area contributed by atoms with Gasteiger partial charge in [0.25, 0.3) is 0 Å². The number of halogens is 4. The highest BCUT2D eigenvalue weighted by molar-refractivity contribution is 7.92. The van der Waals surface area contributed by atoms with E-state index in [9.17, 15) is 22.2 Å². The van der Waals surface area contributed by atoms with Gasteiger partial charge in [-0.15, -0.1) is 11.6 Å². The first kappa shape index (κ1) is 29.8. The fourth-order valence-corrected chi connectivity index (χ4v) is 9.87. The van der Waals surface area contributed by atoms with Crippen LogP contribution in [0.1, 0.15) is 65.2 Å². The minimum Gasteiger partial charge on any atom is -0.333 e. The molecule has 3 N–H and O–H groups in total. The van der Waals surface area contributed by atoms with Crippen molar-refractivity contribution >= 4 is 27.2 Å². The molecule has 1 amide bonds. The molecule has 5 atom stereocenters. The molecule has 39 heavy (non-hydrogen) atoms. The van der Waals surface area contributed by atoms with Gasteiger partial charge in [0.2, 0.25) is 5.91 Å². The van der Waals surface area contributed by atoms with E-state index in [0.717, 1.165) is 30.8 Å². The van der Waals surface area contributed by atoms with Crippen LogP contribution in [0.25, 0.3) is 0 Å². The number of likely N-dealkylation sites (tertiary alicyclic amines) is 1. The Bertz CT molecular complexity index is 1010. The van der Waals surface area contributed by atoms with E-state index in [0.29, 0.717) is 31.7 Å². The van der Waals surface area contributed by atoms with Gasteiger partial charge in [-0.05, 0) is 56.3 Å². The van der Waals surface area contributed by atoms with Gasteiger partial charge in [-0.1, -0.05) is 13.8 Å². The summed E-state index contributed by atoms with van der Waals surface area (Å²) in [5.74, 6) is -1.58. The Morgan fingerprint density at radius 3 is 2.38 bits per heavy atom. The van der Waals surface area contributed by atoms with Crippen LogP contribution < -0.4 is 10.7 Å². The monoisotopic (exact) mass is 596 g/mol. The first-order valence-electron chi connectivity index (χ1n) is 14.4. The smallest absolute Gasteiger partial charge is 0.333 e. The van der Waals surface area contributed by atoms with Crippen molar-refractivity contribution in [3.8, 4) is 0 Å². The van der Waals surface area contributed by atoms with Crippen LogP contribution in [0.15, 0.2) is 0 Å². The summed E-state index contributed by atoms with van der Waals surface area (Å²) in [7, 11) is -1.42. The number of hydrogen-bond acceptors (Lipinski definition) is 7. The molecule has 0 spiro atoms.